The molecule has 0 unspecified atom stereocenters. The van der Waals surface area contributed by atoms with Gasteiger partial charge in [0.05, 0.1) is 22.3 Å². The Morgan fingerprint density at radius 2 is 1.78 bits per heavy atom. The number of aryl methyl sites for hydroxylation is 1. The van der Waals surface area contributed by atoms with E-state index in [1.165, 1.54) is 0 Å². The van der Waals surface area contributed by atoms with Crippen molar-refractivity contribution in [3.63, 3.8) is 0 Å². The highest BCUT2D eigenvalue weighted by atomic mass is 16.4. The molecule has 4 aromatic rings. The van der Waals surface area contributed by atoms with E-state index >= 15 is 0 Å². The van der Waals surface area contributed by atoms with E-state index in [0.29, 0.717) is 16.8 Å². The number of nitrogens with zero attached hydrogens (tertiary/aromatic N) is 3. The molecule has 5 rings (SSSR count). The van der Waals surface area contributed by atoms with Crippen molar-refractivity contribution in [2.45, 2.75) is 46.0 Å². The van der Waals surface area contributed by atoms with Gasteiger partial charge in [0.1, 0.15) is 5.82 Å². The lowest BCUT2D eigenvalue weighted by Crippen LogP contribution is -2.32. The van der Waals surface area contributed by atoms with E-state index in [2.05, 4.69) is 16.8 Å². The molecular formula is C30H32N4O3. The second kappa shape index (κ2) is 10.5. The first-order valence-electron chi connectivity index (χ1n) is 13.0. The van der Waals surface area contributed by atoms with Crippen molar-refractivity contribution in [2.75, 3.05) is 18.4 Å². The standard InChI is InChI=1S/C30H32N4O3/c1-3-4-12-27-32-24-15-13-22(31-30(37)33-17-8-9-18-33)19-26(24)34(27)25-16-14-23(21-10-6-5-7-11-21)28(20(25)2)29(35)36/h5-7,10-11,13-16,19H,3-4,8-9,12,17-18H2,1-2H3,(H,31,37)(H,35,36). The minimum absolute atomic E-state index is 0.0920. The minimum atomic E-state index is -0.962. The third-order valence-corrected chi connectivity index (χ3v) is 7.10. The van der Waals surface area contributed by atoms with Crippen LogP contribution >= 0.6 is 0 Å². The summed E-state index contributed by atoms with van der Waals surface area (Å²) in [6.45, 7) is 5.55. The van der Waals surface area contributed by atoms with Crippen molar-refractivity contribution in [1.82, 2.24) is 14.5 Å². The molecule has 0 saturated carbocycles. The Kier molecular flexibility index (Phi) is 6.95. The molecule has 1 saturated heterocycles. The number of carbonyl (C=O) groups excluding carboxylic acids is 1. The molecule has 1 aromatic heterocycles. The average molecular weight is 497 g/mol. The van der Waals surface area contributed by atoms with E-state index in [-0.39, 0.29) is 11.6 Å². The maximum absolute atomic E-state index is 12.7. The molecule has 37 heavy (non-hydrogen) atoms. The Bertz CT molecular complexity index is 1450. The first-order valence-corrected chi connectivity index (χ1v) is 13.0. The molecule has 2 heterocycles. The molecule has 0 bridgehead atoms. The number of carbonyl (C=O) groups is 2. The van der Waals surface area contributed by atoms with Crippen LogP contribution in [0, 0.1) is 6.92 Å². The number of likely N-dealkylation sites (tertiary alicyclic amines) is 1. The van der Waals surface area contributed by atoms with Crippen molar-refractivity contribution in [3.05, 3.63) is 77.6 Å². The lowest BCUT2D eigenvalue weighted by atomic mass is 9.94. The van der Waals surface area contributed by atoms with Crippen molar-refractivity contribution in [2.24, 2.45) is 0 Å². The van der Waals surface area contributed by atoms with E-state index in [1.54, 1.807) is 0 Å². The summed E-state index contributed by atoms with van der Waals surface area (Å²) in [6.07, 6.45) is 4.82. The van der Waals surface area contributed by atoms with Crippen molar-refractivity contribution < 1.29 is 14.7 Å². The maximum atomic E-state index is 12.7. The number of hydrogen-bond donors (Lipinski definition) is 2. The number of carboxylic acids is 1. The number of urea groups is 1. The number of anilines is 1. The number of hydrogen-bond acceptors (Lipinski definition) is 3. The van der Waals surface area contributed by atoms with Crippen LogP contribution in [0.3, 0.4) is 0 Å². The van der Waals surface area contributed by atoms with Crippen molar-refractivity contribution >= 4 is 28.7 Å². The number of rotatable bonds is 7. The summed E-state index contributed by atoms with van der Waals surface area (Å²) in [7, 11) is 0. The Morgan fingerprint density at radius 3 is 2.49 bits per heavy atom. The van der Waals surface area contributed by atoms with E-state index in [9.17, 15) is 14.7 Å². The monoisotopic (exact) mass is 496 g/mol. The van der Waals surface area contributed by atoms with E-state index in [1.807, 2.05) is 72.5 Å². The number of fused-ring (bicyclic) bond motifs is 1. The van der Waals surface area contributed by atoms with Gasteiger partial charge in [-0.1, -0.05) is 49.7 Å². The molecule has 0 radical (unpaired) electrons. The van der Waals surface area contributed by atoms with Crippen LogP contribution in [0.2, 0.25) is 0 Å². The zero-order valence-electron chi connectivity index (χ0n) is 21.3. The van der Waals surface area contributed by atoms with Crippen molar-refractivity contribution in [3.8, 4) is 16.8 Å². The summed E-state index contributed by atoms with van der Waals surface area (Å²) in [5.74, 6) is -0.0805. The van der Waals surface area contributed by atoms with Gasteiger partial charge >= 0.3 is 12.0 Å². The van der Waals surface area contributed by atoms with E-state index in [0.717, 1.165) is 73.3 Å². The van der Waals surface area contributed by atoms with Crippen LogP contribution in [-0.4, -0.2) is 44.6 Å². The van der Waals surface area contributed by atoms with Gasteiger partial charge in [0.25, 0.3) is 0 Å². The number of carboxylic acid groups (broad SMARTS) is 1. The highest BCUT2D eigenvalue weighted by Gasteiger charge is 2.22. The number of nitrogens with one attached hydrogen (secondary N) is 1. The van der Waals surface area contributed by atoms with Gasteiger partial charge < -0.3 is 15.3 Å². The summed E-state index contributed by atoms with van der Waals surface area (Å²) >= 11 is 0. The summed E-state index contributed by atoms with van der Waals surface area (Å²) in [4.78, 5) is 32.0. The van der Waals surface area contributed by atoms with Gasteiger partial charge in [-0.2, -0.15) is 0 Å². The molecule has 3 aromatic carbocycles. The Labute approximate surface area is 216 Å². The SMILES string of the molecule is CCCCc1nc2ccc(NC(=O)N3CCCC3)cc2n1-c1ccc(-c2ccccc2)c(C(=O)O)c1C. The zero-order valence-corrected chi connectivity index (χ0v) is 21.3. The number of aromatic carboxylic acids is 1. The molecule has 190 valence electrons. The fourth-order valence-electron chi connectivity index (χ4n) is 5.17. The number of imidazole rings is 1. The topological polar surface area (TPSA) is 87.5 Å². The fraction of sp³-hybridized carbons (Fsp3) is 0.300. The molecule has 1 aliphatic rings. The minimum Gasteiger partial charge on any atom is -0.478 e. The van der Waals surface area contributed by atoms with Gasteiger partial charge in [-0.15, -0.1) is 0 Å². The lowest BCUT2D eigenvalue weighted by molar-refractivity contribution is 0.0697. The number of amides is 2. The van der Waals surface area contributed by atoms with Crippen LogP contribution in [0.1, 0.15) is 54.4 Å². The largest absolute Gasteiger partial charge is 0.478 e. The molecule has 7 nitrogen and oxygen atoms in total. The second-order valence-electron chi connectivity index (χ2n) is 9.60. The van der Waals surface area contributed by atoms with Gasteiger partial charge in [0.15, 0.2) is 0 Å². The average Bonchev–Trinajstić information content (AvgIpc) is 3.56. The second-order valence-corrected chi connectivity index (χ2v) is 9.60. The third-order valence-electron chi connectivity index (χ3n) is 7.10. The molecular weight excluding hydrogens is 464 g/mol. The molecule has 2 N–H and O–H groups in total. The summed E-state index contributed by atoms with van der Waals surface area (Å²) in [5, 5.41) is 13.3. The maximum Gasteiger partial charge on any atom is 0.336 e. The van der Waals surface area contributed by atoms with Gasteiger partial charge in [-0.3, -0.25) is 4.57 Å². The van der Waals surface area contributed by atoms with Crippen LogP contribution in [0.5, 0.6) is 0 Å². The highest BCUT2D eigenvalue weighted by Crippen LogP contribution is 2.33. The number of benzene rings is 3. The van der Waals surface area contributed by atoms with Crippen LogP contribution in [0.15, 0.2) is 60.7 Å². The Balaban J connectivity index is 1.64. The number of unbranched alkanes of at least 4 members (excludes halogenated alkanes) is 1. The summed E-state index contributed by atoms with van der Waals surface area (Å²) in [6, 6.07) is 19.1. The third kappa shape index (κ3) is 4.81. The quantitative estimate of drug-likeness (QED) is 0.299. The van der Waals surface area contributed by atoms with E-state index in [4.69, 9.17) is 4.98 Å². The smallest absolute Gasteiger partial charge is 0.336 e. The fourth-order valence-corrected chi connectivity index (χ4v) is 5.17. The molecule has 2 amide bonds. The van der Waals surface area contributed by atoms with Crippen molar-refractivity contribution in [1.29, 1.82) is 0 Å². The van der Waals surface area contributed by atoms with Gasteiger partial charge in [0.2, 0.25) is 0 Å². The summed E-state index contributed by atoms with van der Waals surface area (Å²) < 4.78 is 2.06. The predicted molar refractivity (Wildman–Crippen MR) is 147 cm³/mol. The molecule has 0 spiro atoms. The van der Waals surface area contributed by atoms with Gasteiger partial charge in [-0.05, 0) is 67.1 Å². The Hall–Kier alpha value is -4.13. The molecule has 7 heteroatoms. The van der Waals surface area contributed by atoms with E-state index < -0.39 is 5.97 Å². The molecule has 1 aliphatic heterocycles. The van der Waals surface area contributed by atoms with Gasteiger partial charge in [0, 0.05) is 25.2 Å². The number of aromatic nitrogens is 2. The normalized spacial score (nSPS) is 13.3. The van der Waals surface area contributed by atoms with Crippen LogP contribution in [0.25, 0.3) is 27.8 Å². The first-order chi connectivity index (χ1) is 18.0. The van der Waals surface area contributed by atoms with Crippen LogP contribution < -0.4 is 5.32 Å². The predicted octanol–water partition coefficient (Wildman–Crippen LogP) is 6.67. The molecule has 0 atom stereocenters. The zero-order chi connectivity index (χ0) is 25.9. The van der Waals surface area contributed by atoms with Crippen LogP contribution in [0.4, 0.5) is 10.5 Å². The molecule has 0 aliphatic carbocycles. The Morgan fingerprint density at radius 1 is 1.03 bits per heavy atom. The first kappa shape index (κ1) is 24.6. The molecule has 1 fully saturated rings. The lowest BCUT2D eigenvalue weighted by Gasteiger charge is -2.18. The van der Waals surface area contributed by atoms with Crippen LogP contribution in [-0.2, 0) is 6.42 Å². The van der Waals surface area contributed by atoms with Gasteiger partial charge in [-0.25, -0.2) is 14.6 Å². The summed E-state index contributed by atoms with van der Waals surface area (Å²) in [5.41, 5.74) is 5.66. The highest BCUT2D eigenvalue weighted by molar-refractivity contribution is 5.99.